The van der Waals surface area contributed by atoms with Crippen molar-refractivity contribution < 1.29 is 13.2 Å². The van der Waals surface area contributed by atoms with Gasteiger partial charge in [-0.05, 0) is 31.6 Å². The molecular formula is C13H26N2O3S. The first kappa shape index (κ1) is 16.4. The molecule has 0 aliphatic carbocycles. The quantitative estimate of drug-likeness (QED) is 0.803. The highest BCUT2D eigenvalue weighted by atomic mass is 32.2. The van der Waals surface area contributed by atoms with Gasteiger partial charge in [-0.2, -0.15) is 0 Å². The number of nitrogens with one attached hydrogen (secondary N) is 1. The van der Waals surface area contributed by atoms with Crippen molar-refractivity contribution in [2.75, 3.05) is 18.8 Å². The summed E-state index contributed by atoms with van der Waals surface area (Å²) in [6.45, 7) is 7.06. The lowest BCUT2D eigenvalue weighted by Gasteiger charge is -2.32. The third-order valence-corrected chi connectivity index (χ3v) is 4.94. The van der Waals surface area contributed by atoms with Gasteiger partial charge in [0.15, 0.2) is 0 Å². The fourth-order valence-corrected chi connectivity index (χ4v) is 3.72. The molecular weight excluding hydrogens is 264 g/mol. The first-order valence-electron chi connectivity index (χ1n) is 7.16. The molecule has 0 saturated carbocycles. The van der Waals surface area contributed by atoms with E-state index in [1.807, 2.05) is 20.8 Å². The van der Waals surface area contributed by atoms with Crippen molar-refractivity contribution in [3.63, 3.8) is 0 Å². The van der Waals surface area contributed by atoms with E-state index in [0.29, 0.717) is 6.42 Å². The van der Waals surface area contributed by atoms with Gasteiger partial charge in [0.1, 0.15) is 6.04 Å². The zero-order valence-electron chi connectivity index (χ0n) is 12.2. The van der Waals surface area contributed by atoms with E-state index in [1.54, 1.807) is 4.90 Å². The predicted molar refractivity (Wildman–Crippen MR) is 76.3 cm³/mol. The van der Waals surface area contributed by atoms with Crippen LogP contribution in [0.25, 0.3) is 0 Å². The van der Waals surface area contributed by atoms with Crippen LogP contribution >= 0.6 is 0 Å². The number of hydrogen-bond donors (Lipinski definition) is 1. The van der Waals surface area contributed by atoms with E-state index in [4.69, 9.17) is 0 Å². The second-order valence-corrected chi connectivity index (χ2v) is 7.42. The molecule has 1 heterocycles. The molecule has 0 aromatic heterocycles. The monoisotopic (exact) mass is 290 g/mol. The summed E-state index contributed by atoms with van der Waals surface area (Å²) in [7, 11) is -3.36. The molecule has 0 unspecified atom stereocenters. The molecule has 1 fully saturated rings. The Hall–Kier alpha value is -0.620. The molecule has 5 nitrogen and oxygen atoms in total. The third kappa shape index (κ3) is 5.10. The molecule has 1 rings (SSSR count). The number of nitrogens with zero attached hydrogens (tertiary/aromatic N) is 1. The van der Waals surface area contributed by atoms with E-state index in [-0.39, 0.29) is 17.6 Å². The molecule has 0 bridgehead atoms. The van der Waals surface area contributed by atoms with E-state index in [9.17, 15) is 13.2 Å². The van der Waals surface area contributed by atoms with Gasteiger partial charge < -0.3 is 4.90 Å². The first-order chi connectivity index (χ1) is 8.87. The third-order valence-electron chi connectivity index (χ3n) is 3.38. The second kappa shape index (κ2) is 7.24. The Kier molecular flexibility index (Phi) is 6.26. The standard InChI is InChI=1S/C13H26N2O3S/c1-4-10-19(17,18)14-12(11(2)3)13(16)15-8-6-5-7-9-15/h11-12,14H,4-10H2,1-3H3/t12-/m0/s1. The highest BCUT2D eigenvalue weighted by Crippen LogP contribution is 2.14. The summed E-state index contributed by atoms with van der Waals surface area (Å²) in [5.74, 6) is -0.0424. The SMILES string of the molecule is CCCS(=O)(=O)N[C@H](C(=O)N1CCCCC1)C(C)C. The number of sulfonamides is 1. The minimum Gasteiger partial charge on any atom is -0.341 e. The first-order valence-corrected chi connectivity index (χ1v) is 8.81. The highest BCUT2D eigenvalue weighted by Gasteiger charge is 2.31. The van der Waals surface area contributed by atoms with E-state index in [0.717, 1.165) is 32.4 Å². The van der Waals surface area contributed by atoms with Crippen molar-refractivity contribution in [3.8, 4) is 0 Å². The summed E-state index contributed by atoms with van der Waals surface area (Å²) < 4.78 is 26.3. The van der Waals surface area contributed by atoms with Gasteiger partial charge in [-0.25, -0.2) is 13.1 Å². The Morgan fingerprint density at radius 2 is 1.79 bits per heavy atom. The Morgan fingerprint density at radius 3 is 2.26 bits per heavy atom. The Labute approximate surface area is 116 Å². The Morgan fingerprint density at radius 1 is 1.21 bits per heavy atom. The van der Waals surface area contributed by atoms with Crippen LogP contribution in [0, 0.1) is 5.92 Å². The highest BCUT2D eigenvalue weighted by molar-refractivity contribution is 7.89. The van der Waals surface area contributed by atoms with Crippen molar-refractivity contribution in [1.82, 2.24) is 9.62 Å². The maximum absolute atomic E-state index is 12.4. The van der Waals surface area contributed by atoms with Crippen LogP contribution in [0.15, 0.2) is 0 Å². The molecule has 0 aromatic rings. The summed E-state index contributed by atoms with van der Waals surface area (Å²) in [6, 6.07) is -0.630. The largest absolute Gasteiger partial charge is 0.341 e. The van der Waals surface area contributed by atoms with Crippen LogP contribution in [0.5, 0.6) is 0 Å². The Bertz CT molecular complexity index is 387. The fourth-order valence-electron chi connectivity index (χ4n) is 2.30. The maximum atomic E-state index is 12.4. The number of likely N-dealkylation sites (tertiary alicyclic amines) is 1. The summed E-state index contributed by atoms with van der Waals surface area (Å²) in [4.78, 5) is 14.2. The molecule has 112 valence electrons. The average Bonchev–Trinajstić information content (AvgIpc) is 2.36. The van der Waals surface area contributed by atoms with Crippen molar-refractivity contribution in [3.05, 3.63) is 0 Å². The molecule has 6 heteroatoms. The van der Waals surface area contributed by atoms with Gasteiger partial charge in [0.05, 0.1) is 5.75 Å². The molecule has 1 aliphatic heterocycles. The van der Waals surface area contributed by atoms with E-state index in [2.05, 4.69) is 4.72 Å². The van der Waals surface area contributed by atoms with Crippen LogP contribution in [-0.2, 0) is 14.8 Å². The molecule has 0 radical (unpaired) electrons. The van der Waals surface area contributed by atoms with Crippen molar-refractivity contribution in [1.29, 1.82) is 0 Å². The molecule has 19 heavy (non-hydrogen) atoms. The van der Waals surface area contributed by atoms with Crippen LogP contribution in [0.2, 0.25) is 0 Å². The lowest BCUT2D eigenvalue weighted by Crippen LogP contribution is -2.52. The lowest BCUT2D eigenvalue weighted by atomic mass is 10.0. The van der Waals surface area contributed by atoms with Crippen LogP contribution in [0.3, 0.4) is 0 Å². The van der Waals surface area contributed by atoms with Crippen LogP contribution in [0.1, 0.15) is 46.5 Å². The normalized spacial score (nSPS) is 18.6. The van der Waals surface area contributed by atoms with Gasteiger partial charge in [-0.1, -0.05) is 20.8 Å². The summed E-state index contributed by atoms with van der Waals surface area (Å²) in [6.07, 6.45) is 3.73. The smallest absolute Gasteiger partial charge is 0.241 e. The van der Waals surface area contributed by atoms with Crippen molar-refractivity contribution in [2.24, 2.45) is 5.92 Å². The van der Waals surface area contributed by atoms with Gasteiger partial charge in [0.25, 0.3) is 0 Å². The molecule has 0 spiro atoms. The van der Waals surface area contributed by atoms with E-state index >= 15 is 0 Å². The minimum atomic E-state index is -3.36. The number of amides is 1. The lowest BCUT2D eigenvalue weighted by molar-refractivity contribution is -0.134. The number of carbonyl (C=O) groups excluding carboxylic acids is 1. The van der Waals surface area contributed by atoms with Gasteiger partial charge in [-0.15, -0.1) is 0 Å². The Balaban J connectivity index is 2.74. The maximum Gasteiger partial charge on any atom is 0.241 e. The number of carbonyl (C=O) groups is 1. The average molecular weight is 290 g/mol. The van der Waals surface area contributed by atoms with Crippen molar-refractivity contribution in [2.45, 2.75) is 52.5 Å². The van der Waals surface area contributed by atoms with E-state index < -0.39 is 16.1 Å². The van der Waals surface area contributed by atoms with Crippen LogP contribution in [-0.4, -0.2) is 44.1 Å². The number of hydrogen-bond acceptors (Lipinski definition) is 3. The summed E-state index contributed by atoms with van der Waals surface area (Å²) in [5, 5.41) is 0. The fraction of sp³-hybridized carbons (Fsp3) is 0.923. The minimum absolute atomic E-state index is 0.0407. The van der Waals surface area contributed by atoms with Crippen LogP contribution in [0.4, 0.5) is 0 Å². The summed E-state index contributed by atoms with van der Waals surface area (Å²) >= 11 is 0. The number of piperidine rings is 1. The molecule has 1 saturated heterocycles. The van der Waals surface area contributed by atoms with Crippen molar-refractivity contribution >= 4 is 15.9 Å². The zero-order chi connectivity index (χ0) is 14.5. The zero-order valence-corrected chi connectivity index (χ0v) is 13.0. The molecule has 1 N–H and O–H groups in total. The predicted octanol–water partition coefficient (Wildman–Crippen LogP) is 1.35. The second-order valence-electron chi connectivity index (χ2n) is 5.54. The van der Waals surface area contributed by atoms with Gasteiger partial charge in [0, 0.05) is 13.1 Å². The van der Waals surface area contributed by atoms with Crippen LogP contribution < -0.4 is 4.72 Å². The van der Waals surface area contributed by atoms with Gasteiger partial charge in [0.2, 0.25) is 15.9 Å². The topological polar surface area (TPSA) is 66.5 Å². The van der Waals surface area contributed by atoms with Gasteiger partial charge >= 0.3 is 0 Å². The van der Waals surface area contributed by atoms with E-state index in [1.165, 1.54) is 0 Å². The molecule has 1 aliphatic rings. The molecule has 1 amide bonds. The summed E-state index contributed by atoms with van der Waals surface area (Å²) in [5.41, 5.74) is 0. The number of rotatable bonds is 6. The van der Waals surface area contributed by atoms with Gasteiger partial charge in [-0.3, -0.25) is 4.79 Å². The molecule has 0 aromatic carbocycles. The molecule has 1 atom stereocenters.